The van der Waals surface area contributed by atoms with Crippen LogP contribution in [0.2, 0.25) is 0 Å². The van der Waals surface area contributed by atoms with Crippen LogP contribution in [-0.2, 0) is 0 Å². The van der Waals surface area contributed by atoms with Crippen LogP contribution in [0.5, 0.6) is 0 Å². The topological polar surface area (TPSA) is 0 Å². The molecule has 0 rings (SSSR count). The predicted octanol–water partition coefficient (Wildman–Crippen LogP) is 2.53. The first kappa shape index (κ1) is 6.48. The summed E-state index contributed by atoms with van der Waals surface area (Å²) in [5, 5.41) is 0. The van der Waals surface area contributed by atoms with Gasteiger partial charge in [-0.1, -0.05) is 31.2 Å². The van der Waals surface area contributed by atoms with Gasteiger partial charge in [0.1, 0.15) is 0 Å². The SMILES string of the molecule is C=CC=C(C)CC. The fraction of sp³-hybridized carbons (Fsp3) is 0.429. The van der Waals surface area contributed by atoms with E-state index in [0.29, 0.717) is 0 Å². The number of hydrogen-bond donors (Lipinski definition) is 0. The highest BCUT2D eigenvalue weighted by Gasteiger charge is 1.74. The van der Waals surface area contributed by atoms with E-state index in [2.05, 4.69) is 20.4 Å². The Morgan fingerprint density at radius 1 is 1.71 bits per heavy atom. The summed E-state index contributed by atoms with van der Waals surface area (Å²) in [6.07, 6.45) is 4.98. The van der Waals surface area contributed by atoms with Gasteiger partial charge in [-0.2, -0.15) is 0 Å². The van der Waals surface area contributed by atoms with Gasteiger partial charge in [-0.25, -0.2) is 0 Å². The van der Waals surface area contributed by atoms with Crippen molar-refractivity contribution in [3.63, 3.8) is 0 Å². The summed E-state index contributed by atoms with van der Waals surface area (Å²) >= 11 is 0. The van der Waals surface area contributed by atoms with E-state index >= 15 is 0 Å². The van der Waals surface area contributed by atoms with Gasteiger partial charge in [0, 0.05) is 0 Å². The molecule has 0 amide bonds. The van der Waals surface area contributed by atoms with E-state index in [-0.39, 0.29) is 0 Å². The minimum absolute atomic E-state index is 1.13. The lowest BCUT2D eigenvalue weighted by Crippen LogP contribution is -1.65. The first-order chi connectivity index (χ1) is 3.31. The molecule has 0 unspecified atom stereocenters. The lowest BCUT2D eigenvalue weighted by atomic mass is 10.2. The molecule has 0 aromatic rings. The monoisotopic (exact) mass is 96.1 g/mol. The molecule has 0 heteroatoms. The fourth-order valence-corrected chi connectivity index (χ4v) is 0.319. The average Bonchev–Trinajstić information content (AvgIpc) is 1.68. The van der Waals surface area contributed by atoms with Gasteiger partial charge in [0.25, 0.3) is 0 Å². The summed E-state index contributed by atoms with van der Waals surface area (Å²) in [7, 11) is 0. The Balaban J connectivity index is 3.49. The number of hydrogen-bond acceptors (Lipinski definition) is 0. The first-order valence-electron chi connectivity index (χ1n) is 2.59. The maximum atomic E-state index is 3.57. The van der Waals surface area contributed by atoms with Crippen molar-refractivity contribution < 1.29 is 0 Å². The summed E-state index contributed by atoms with van der Waals surface area (Å²) in [5.74, 6) is 0. The molecule has 0 aromatic heterocycles. The number of allylic oxidation sites excluding steroid dienone is 3. The second-order valence-electron chi connectivity index (χ2n) is 1.60. The standard InChI is InChI=1S/C7H12/c1-4-6-7(3)5-2/h4,6H,1,5H2,2-3H3. The molecule has 0 spiro atoms. The Kier molecular flexibility index (Phi) is 3.39. The van der Waals surface area contributed by atoms with Crippen molar-refractivity contribution in [2.75, 3.05) is 0 Å². The normalized spacial score (nSPS) is 11.4. The van der Waals surface area contributed by atoms with Crippen LogP contribution < -0.4 is 0 Å². The van der Waals surface area contributed by atoms with Gasteiger partial charge in [-0.15, -0.1) is 0 Å². The highest BCUT2D eigenvalue weighted by molar-refractivity contribution is 5.06. The van der Waals surface area contributed by atoms with E-state index < -0.39 is 0 Å². The second-order valence-corrected chi connectivity index (χ2v) is 1.60. The molecular weight excluding hydrogens is 84.1 g/mol. The van der Waals surface area contributed by atoms with Crippen molar-refractivity contribution in [3.05, 3.63) is 24.3 Å². The molecule has 7 heavy (non-hydrogen) atoms. The quantitative estimate of drug-likeness (QED) is 0.463. The molecule has 0 fully saturated rings. The van der Waals surface area contributed by atoms with Crippen molar-refractivity contribution >= 4 is 0 Å². The molecule has 0 saturated heterocycles. The Morgan fingerprint density at radius 3 is 2.43 bits per heavy atom. The third-order valence-electron chi connectivity index (χ3n) is 0.960. The Labute approximate surface area is 45.5 Å². The van der Waals surface area contributed by atoms with E-state index in [9.17, 15) is 0 Å². The van der Waals surface area contributed by atoms with Crippen molar-refractivity contribution in [1.82, 2.24) is 0 Å². The summed E-state index contributed by atoms with van der Waals surface area (Å²) in [6.45, 7) is 7.81. The summed E-state index contributed by atoms with van der Waals surface area (Å²) in [5.41, 5.74) is 1.38. The van der Waals surface area contributed by atoms with Crippen LogP contribution in [0.3, 0.4) is 0 Å². The highest BCUT2D eigenvalue weighted by atomic mass is 13.8. The molecular formula is C7H12. The fourth-order valence-electron chi connectivity index (χ4n) is 0.319. The van der Waals surface area contributed by atoms with Crippen LogP contribution in [0.15, 0.2) is 24.3 Å². The minimum Gasteiger partial charge on any atom is -0.0991 e. The molecule has 0 aliphatic heterocycles. The summed E-state index contributed by atoms with van der Waals surface area (Å²) in [6, 6.07) is 0. The zero-order chi connectivity index (χ0) is 5.70. The lowest BCUT2D eigenvalue weighted by Gasteiger charge is -1.86. The van der Waals surface area contributed by atoms with Gasteiger partial charge < -0.3 is 0 Å². The van der Waals surface area contributed by atoms with Crippen LogP contribution in [0, 0.1) is 0 Å². The third kappa shape index (κ3) is 3.31. The van der Waals surface area contributed by atoms with E-state index in [0.717, 1.165) is 6.42 Å². The third-order valence-corrected chi connectivity index (χ3v) is 0.960. The van der Waals surface area contributed by atoms with Crippen molar-refractivity contribution in [2.24, 2.45) is 0 Å². The molecule has 0 aliphatic carbocycles. The van der Waals surface area contributed by atoms with Crippen molar-refractivity contribution in [3.8, 4) is 0 Å². The molecule has 0 atom stereocenters. The van der Waals surface area contributed by atoms with E-state index in [1.165, 1.54) is 5.57 Å². The van der Waals surface area contributed by atoms with E-state index in [1.807, 2.05) is 12.2 Å². The molecule has 0 heterocycles. The minimum atomic E-state index is 1.13. The average molecular weight is 96.2 g/mol. The second kappa shape index (κ2) is 3.66. The van der Waals surface area contributed by atoms with Crippen LogP contribution in [0.4, 0.5) is 0 Å². The zero-order valence-electron chi connectivity index (χ0n) is 5.07. The van der Waals surface area contributed by atoms with Crippen LogP contribution in [-0.4, -0.2) is 0 Å². The molecule has 0 radical (unpaired) electrons. The molecule has 0 nitrogen and oxygen atoms in total. The Hall–Kier alpha value is -0.520. The highest BCUT2D eigenvalue weighted by Crippen LogP contribution is 1.95. The molecule has 40 valence electrons. The van der Waals surface area contributed by atoms with Gasteiger partial charge in [0.05, 0.1) is 0 Å². The van der Waals surface area contributed by atoms with Gasteiger partial charge in [0.15, 0.2) is 0 Å². The van der Waals surface area contributed by atoms with Gasteiger partial charge in [-0.05, 0) is 13.3 Å². The van der Waals surface area contributed by atoms with E-state index in [4.69, 9.17) is 0 Å². The Bertz CT molecular complexity index is 78.0. The maximum absolute atomic E-state index is 3.57. The largest absolute Gasteiger partial charge is 0.0991 e. The molecule has 0 saturated carbocycles. The predicted molar refractivity (Wildman–Crippen MR) is 34.2 cm³/mol. The van der Waals surface area contributed by atoms with Gasteiger partial charge in [-0.3, -0.25) is 0 Å². The van der Waals surface area contributed by atoms with Crippen LogP contribution >= 0.6 is 0 Å². The maximum Gasteiger partial charge on any atom is -0.0349 e. The zero-order valence-corrected chi connectivity index (χ0v) is 5.07. The molecule has 0 aromatic carbocycles. The molecule has 0 N–H and O–H groups in total. The smallest absolute Gasteiger partial charge is 0.0349 e. The number of rotatable bonds is 2. The molecule has 0 aliphatic rings. The Morgan fingerprint density at radius 2 is 2.29 bits per heavy atom. The van der Waals surface area contributed by atoms with Crippen LogP contribution in [0.25, 0.3) is 0 Å². The van der Waals surface area contributed by atoms with Gasteiger partial charge >= 0.3 is 0 Å². The van der Waals surface area contributed by atoms with E-state index in [1.54, 1.807) is 0 Å². The first-order valence-corrected chi connectivity index (χ1v) is 2.59. The van der Waals surface area contributed by atoms with Crippen molar-refractivity contribution in [1.29, 1.82) is 0 Å². The molecule has 0 bridgehead atoms. The van der Waals surface area contributed by atoms with Gasteiger partial charge in [0.2, 0.25) is 0 Å². The van der Waals surface area contributed by atoms with Crippen LogP contribution in [0.1, 0.15) is 20.3 Å². The summed E-state index contributed by atoms with van der Waals surface area (Å²) in [4.78, 5) is 0. The lowest BCUT2D eigenvalue weighted by molar-refractivity contribution is 1.10. The summed E-state index contributed by atoms with van der Waals surface area (Å²) < 4.78 is 0. The van der Waals surface area contributed by atoms with Crippen molar-refractivity contribution in [2.45, 2.75) is 20.3 Å².